The van der Waals surface area contributed by atoms with Gasteiger partial charge in [-0.3, -0.25) is 9.78 Å². The number of ether oxygens (including phenoxy) is 2. The Labute approximate surface area is 207 Å². The summed E-state index contributed by atoms with van der Waals surface area (Å²) < 4.78 is 12.3. The van der Waals surface area contributed by atoms with Crippen molar-refractivity contribution >= 4 is 12.1 Å². The smallest absolute Gasteiger partial charge is 0.211 e. The van der Waals surface area contributed by atoms with Gasteiger partial charge in [0.2, 0.25) is 6.41 Å². The number of amides is 1. The number of pyridine rings is 1. The van der Waals surface area contributed by atoms with Crippen molar-refractivity contribution in [1.82, 2.24) is 4.98 Å². The van der Waals surface area contributed by atoms with E-state index in [1.807, 2.05) is 55.5 Å². The zero-order chi connectivity index (χ0) is 24.5. The van der Waals surface area contributed by atoms with E-state index in [0.717, 1.165) is 53.3 Å². The highest BCUT2D eigenvalue weighted by Crippen LogP contribution is 2.35. The number of nitrogens with zero attached hydrogens (tertiary/aromatic N) is 1. The summed E-state index contributed by atoms with van der Waals surface area (Å²) in [6.07, 6.45) is 12.4. The SMILES string of the molecule is CCCc1nc(Cc2cccc(Oc3ccccc3)c2)c(C)c(NC=O)c1OCC1C=CC=CC1. The first kappa shape index (κ1) is 24.3. The first-order valence-electron chi connectivity index (χ1n) is 12.2. The Balaban J connectivity index is 1.61. The van der Waals surface area contributed by atoms with E-state index in [1.54, 1.807) is 0 Å². The summed E-state index contributed by atoms with van der Waals surface area (Å²) in [5.74, 6) is 2.57. The highest BCUT2D eigenvalue weighted by atomic mass is 16.5. The molecule has 4 rings (SSSR count). The van der Waals surface area contributed by atoms with Crippen molar-refractivity contribution in [3.05, 3.63) is 101 Å². The molecule has 0 radical (unpaired) electrons. The lowest BCUT2D eigenvalue weighted by molar-refractivity contribution is -0.105. The number of aromatic nitrogens is 1. The molecule has 0 aliphatic heterocycles. The third-order valence-corrected chi connectivity index (χ3v) is 6.02. The number of benzene rings is 2. The second kappa shape index (κ2) is 12.0. The van der Waals surface area contributed by atoms with E-state index in [0.29, 0.717) is 36.8 Å². The second-order valence-corrected chi connectivity index (χ2v) is 8.71. The first-order valence-corrected chi connectivity index (χ1v) is 12.2. The van der Waals surface area contributed by atoms with Crippen LogP contribution < -0.4 is 14.8 Å². The summed E-state index contributed by atoms with van der Waals surface area (Å²) in [6.45, 7) is 4.66. The van der Waals surface area contributed by atoms with Gasteiger partial charge in [0.1, 0.15) is 11.5 Å². The Morgan fingerprint density at radius 2 is 1.89 bits per heavy atom. The van der Waals surface area contributed by atoms with Crippen LogP contribution in [0.15, 0.2) is 78.9 Å². The fourth-order valence-electron chi connectivity index (χ4n) is 4.21. The number of carbonyl (C=O) groups is 1. The highest BCUT2D eigenvalue weighted by Gasteiger charge is 2.20. The number of carbonyl (C=O) groups excluding carboxylic acids is 1. The molecule has 1 unspecified atom stereocenters. The number of para-hydroxylation sites is 1. The van der Waals surface area contributed by atoms with Gasteiger partial charge in [0.15, 0.2) is 5.75 Å². The van der Waals surface area contributed by atoms with Crippen LogP contribution in [-0.2, 0) is 17.6 Å². The summed E-state index contributed by atoms with van der Waals surface area (Å²) in [5, 5.41) is 2.90. The molecule has 0 saturated heterocycles. The molecule has 5 heteroatoms. The van der Waals surface area contributed by atoms with E-state index in [1.165, 1.54) is 0 Å². The monoisotopic (exact) mass is 468 g/mol. The van der Waals surface area contributed by atoms with E-state index in [-0.39, 0.29) is 0 Å². The van der Waals surface area contributed by atoms with Crippen LogP contribution in [-0.4, -0.2) is 18.0 Å². The number of allylic oxidation sites excluding steroid dienone is 3. The third kappa shape index (κ3) is 6.38. The Morgan fingerprint density at radius 3 is 2.63 bits per heavy atom. The number of anilines is 1. The average Bonchev–Trinajstić information content (AvgIpc) is 2.88. The molecule has 1 atom stereocenters. The summed E-state index contributed by atoms with van der Waals surface area (Å²) in [6, 6.07) is 17.8. The summed E-state index contributed by atoms with van der Waals surface area (Å²) >= 11 is 0. The fourth-order valence-corrected chi connectivity index (χ4v) is 4.21. The third-order valence-electron chi connectivity index (χ3n) is 6.02. The molecule has 0 bridgehead atoms. The zero-order valence-corrected chi connectivity index (χ0v) is 20.4. The van der Waals surface area contributed by atoms with Crippen molar-refractivity contribution in [2.75, 3.05) is 11.9 Å². The number of nitrogens with one attached hydrogen (secondary N) is 1. The zero-order valence-electron chi connectivity index (χ0n) is 20.4. The van der Waals surface area contributed by atoms with Gasteiger partial charge in [0.25, 0.3) is 0 Å². The number of hydrogen-bond donors (Lipinski definition) is 1. The van der Waals surface area contributed by atoms with Crippen LogP contribution in [0.2, 0.25) is 0 Å². The Kier molecular flexibility index (Phi) is 8.34. The van der Waals surface area contributed by atoms with Crippen molar-refractivity contribution in [3.8, 4) is 17.2 Å². The molecule has 0 spiro atoms. The van der Waals surface area contributed by atoms with Crippen LogP contribution in [0.1, 0.15) is 42.3 Å². The minimum Gasteiger partial charge on any atom is -0.489 e. The maximum atomic E-state index is 11.5. The van der Waals surface area contributed by atoms with Crippen molar-refractivity contribution in [1.29, 1.82) is 0 Å². The second-order valence-electron chi connectivity index (χ2n) is 8.71. The fraction of sp³-hybridized carbons (Fsp3) is 0.267. The van der Waals surface area contributed by atoms with Crippen molar-refractivity contribution < 1.29 is 14.3 Å². The van der Waals surface area contributed by atoms with Gasteiger partial charge in [-0.1, -0.05) is 68.0 Å². The van der Waals surface area contributed by atoms with E-state index >= 15 is 0 Å². The number of aryl methyl sites for hydroxylation is 1. The Morgan fingerprint density at radius 1 is 1.06 bits per heavy atom. The summed E-state index contributed by atoms with van der Waals surface area (Å²) in [5.41, 5.74) is 4.51. The van der Waals surface area contributed by atoms with Gasteiger partial charge in [-0.25, -0.2) is 0 Å². The maximum absolute atomic E-state index is 11.5. The van der Waals surface area contributed by atoms with Crippen LogP contribution in [0.5, 0.6) is 17.2 Å². The molecule has 1 heterocycles. The van der Waals surface area contributed by atoms with Crippen LogP contribution in [0.4, 0.5) is 5.69 Å². The van der Waals surface area contributed by atoms with Crippen LogP contribution in [0.3, 0.4) is 0 Å². The molecule has 180 valence electrons. The molecule has 1 aliphatic rings. The molecular formula is C30H32N2O3. The minimum absolute atomic E-state index is 0.311. The number of hydrogen-bond acceptors (Lipinski definition) is 4. The van der Waals surface area contributed by atoms with Crippen molar-refractivity contribution in [2.45, 2.75) is 39.5 Å². The van der Waals surface area contributed by atoms with Crippen molar-refractivity contribution in [3.63, 3.8) is 0 Å². The van der Waals surface area contributed by atoms with E-state index in [4.69, 9.17) is 14.5 Å². The molecule has 0 fully saturated rings. The van der Waals surface area contributed by atoms with Crippen molar-refractivity contribution in [2.24, 2.45) is 5.92 Å². The predicted molar refractivity (Wildman–Crippen MR) is 140 cm³/mol. The largest absolute Gasteiger partial charge is 0.489 e. The molecule has 5 nitrogen and oxygen atoms in total. The Bertz CT molecular complexity index is 1200. The van der Waals surface area contributed by atoms with Gasteiger partial charge >= 0.3 is 0 Å². The molecule has 2 aromatic carbocycles. The summed E-state index contributed by atoms with van der Waals surface area (Å²) in [4.78, 5) is 16.5. The van der Waals surface area contributed by atoms with Crippen LogP contribution in [0.25, 0.3) is 0 Å². The lowest BCUT2D eigenvalue weighted by atomic mass is 10.0. The van der Waals surface area contributed by atoms with E-state index in [9.17, 15) is 4.79 Å². The van der Waals surface area contributed by atoms with E-state index in [2.05, 4.69) is 42.6 Å². The normalized spacial score (nSPS) is 14.5. The van der Waals surface area contributed by atoms with Gasteiger partial charge < -0.3 is 14.8 Å². The van der Waals surface area contributed by atoms with Gasteiger partial charge in [0.05, 0.1) is 23.7 Å². The van der Waals surface area contributed by atoms with Gasteiger partial charge in [-0.05, 0) is 55.2 Å². The number of rotatable bonds is 11. The highest BCUT2D eigenvalue weighted by molar-refractivity contribution is 5.79. The molecular weight excluding hydrogens is 436 g/mol. The molecule has 1 N–H and O–H groups in total. The van der Waals surface area contributed by atoms with Gasteiger partial charge in [-0.2, -0.15) is 0 Å². The topological polar surface area (TPSA) is 60.5 Å². The predicted octanol–water partition coefficient (Wildman–Crippen LogP) is 6.81. The molecule has 3 aromatic rings. The Hall–Kier alpha value is -3.86. The average molecular weight is 469 g/mol. The standard InChI is InChI=1S/C30H32N2O3/c1-3-11-27-30(34-20-23-12-6-4-7-13-23)29(31-21-33)22(2)28(32-27)19-24-14-10-17-26(18-24)35-25-15-8-5-9-16-25/h4-10,12,14-18,21,23H,3,11,13,19-20H2,1-2H3,(H,31,32,33). The lowest BCUT2D eigenvalue weighted by Crippen LogP contribution is -2.15. The molecule has 1 aliphatic carbocycles. The first-order chi connectivity index (χ1) is 17.2. The molecule has 0 saturated carbocycles. The maximum Gasteiger partial charge on any atom is 0.211 e. The molecule has 35 heavy (non-hydrogen) atoms. The molecule has 1 amide bonds. The van der Waals surface area contributed by atoms with Crippen LogP contribution >= 0.6 is 0 Å². The summed E-state index contributed by atoms with van der Waals surface area (Å²) in [7, 11) is 0. The van der Waals surface area contributed by atoms with Gasteiger partial charge in [-0.15, -0.1) is 0 Å². The lowest BCUT2D eigenvalue weighted by Gasteiger charge is -2.21. The quantitative estimate of drug-likeness (QED) is 0.314. The van der Waals surface area contributed by atoms with Crippen LogP contribution in [0, 0.1) is 12.8 Å². The molecule has 1 aromatic heterocycles. The minimum atomic E-state index is 0.311. The van der Waals surface area contributed by atoms with E-state index < -0.39 is 0 Å². The van der Waals surface area contributed by atoms with Gasteiger partial charge in [0, 0.05) is 12.3 Å².